The van der Waals surface area contributed by atoms with Crippen molar-refractivity contribution in [2.45, 2.75) is 6.42 Å². The van der Waals surface area contributed by atoms with Gasteiger partial charge < -0.3 is 10.1 Å². The fourth-order valence-electron chi connectivity index (χ4n) is 2.09. The maximum atomic E-state index is 11.9. The van der Waals surface area contributed by atoms with Crippen LogP contribution >= 0.6 is 11.3 Å². The summed E-state index contributed by atoms with van der Waals surface area (Å²) < 4.78 is 6.58. The average molecular weight is 356 g/mol. The van der Waals surface area contributed by atoms with Crippen molar-refractivity contribution in [1.29, 1.82) is 0 Å². The molecule has 0 bridgehead atoms. The van der Waals surface area contributed by atoms with Crippen LogP contribution in [-0.4, -0.2) is 39.8 Å². The van der Waals surface area contributed by atoms with Crippen molar-refractivity contribution in [1.82, 2.24) is 20.1 Å². The molecule has 3 aromatic heterocycles. The molecular formula is C17H16N4O3S. The predicted molar refractivity (Wildman–Crippen MR) is 92.7 cm³/mol. The Morgan fingerprint density at radius 2 is 2.16 bits per heavy atom. The summed E-state index contributed by atoms with van der Waals surface area (Å²) in [6.45, 7) is 0.196. The lowest BCUT2D eigenvalue weighted by Gasteiger charge is -2.06. The van der Waals surface area contributed by atoms with Crippen molar-refractivity contribution in [3.8, 4) is 5.82 Å². The molecule has 0 aliphatic rings. The Balaban J connectivity index is 1.43. The van der Waals surface area contributed by atoms with Gasteiger partial charge in [0.15, 0.2) is 12.4 Å². The summed E-state index contributed by atoms with van der Waals surface area (Å²) in [5, 5.41) is 8.76. The molecule has 1 amide bonds. The molecule has 0 radical (unpaired) electrons. The third kappa shape index (κ3) is 4.74. The highest BCUT2D eigenvalue weighted by molar-refractivity contribution is 7.09. The number of nitrogens with zero attached hydrogens (tertiary/aromatic N) is 3. The Morgan fingerprint density at radius 3 is 2.84 bits per heavy atom. The molecular weight excluding hydrogens is 340 g/mol. The van der Waals surface area contributed by atoms with Gasteiger partial charge in [-0.15, -0.1) is 11.3 Å². The molecule has 0 spiro atoms. The third-order valence-corrected chi connectivity index (χ3v) is 4.27. The van der Waals surface area contributed by atoms with Crippen LogP contribution in [0, 0.1) is 0 Å². The molecule has 7 nitrogen and oxygen atoms in total. The summed E-state index contributed by atoms with van der Waals surface area (Å²) in [5.74, 6) is -0.327. The zero-order valence-electron chi connectivity index (χ0n) is 13.3. The Labute approximate surface area is 148 Å². The summed E-state index contributed by atoms with van der Waals surface area (Å²) in [4.78, 5) is 29.0. The van der Waals surface area contributed by atoms with Gasteiger partial charge in [-0.1, -0.05) is 6.07 Å². The second-order valence-corrected chi connectivity index (χ2v) is 6.14. The second-order valence-electron chi connectivity index (χ2n) is 5.11. The van der Waals surface area contributed by atoms with Gasteiger partial charge in [0.05, 0.1) is 5.56 Å². The van der Waals surface area contributed by atoms with Gasteiger partial charge in [-0.2, -0.15) is 5.10 Å². The van der Waals surface area contributed by atoms with Crippen molar-refractivity contribution < 1.29 is 14.3 Å². The monoisotopic (exact) mass is 356 g/mol. The zero-order valence-corrected chi connectivity index (χ0v) is 14.1. The van der Waals surface area contributed by atoms with Gasteiger partial charge >= 0.3 is 5.97 Å². The molecule has 128 valence electrons. The molecule has 8 heteroatoms. The Morgan fingerprint density at radius 1 is 1.24 bits per heavy atom. The third-order valence-electron chi connectivity index (χ3n) is 3.33. The van der Waals surface area contributed by atoms with Crippen LogP contribution in [0.4, 0.5) is 0 Å². The van der Waals surface area contributed by atoms with E-state index < -0.39 is 5.97 Å². The first-order valence-corrected chi connectivity index (χ1v) is 8.52. The van der Waals surface area contributed by atoms with Gasteiger partial charge in [0.25, 0.3) is 5.91 Å². The van der Waals surface area contributed by atoms with E-state index in [-0.39, 0.29) is 18.1 Å². The van der Waals surface area contributed by atoms with E-state index in [9.17, 15) is 9.59 Å². The first-order valence-electron chi connectivity index (χ1n) is 7.64. The maximum absolute atomic E-state index is 11.9. The molecule has 1 N–H and O–H groups in total. The number of rotatable bonds is 7. The molecule has 25 heavy (non-hydrogen) atoms. The number of pyridine rings is 1. The summed E-state index contributed by atoms with van der Waals surface area (Å²) >= 11 is 1.64. The number of aromatic nitrogens is 3. The van der Waals surface area contributed by atoms with Crippen LogP contribution in [0.3, 0.4) is 0 Å². The standard InChI is InChI=1S/C17H16N4O3S/c22-16(18-8-6-14-3-1-10-25-14)12-24-17(23)13-4-5-15(19-11-13)21-9-2-7-20-21/h1-5,7,9-11H,6,8,12H2,(H,18,22). The smallest absolute Gasteiger partial charge is 0.340 e. The van der Waals surface area contributed by atoms with Crippen molar-refractivity contribution in [2.75, 3.05) is 13.2 Å². The molecule has 0 saturated heterocycles. The van der Waals surface area contributed by atoms with E-state index in [0.29, 0.717) is 12.4 Å². The molecule has 0 fully saturated rings. The minimum atomic E-state index is -0.590. The van der Waals surface area contributed by atoms with E-state index in [4.69, 9.17) is 4.74 Å². The normalized spacial score (nSPS) is 10.4. The van der Waals surface area contributed by atoms with Crippen molar-refractivity contribution in [3.05, 3.63) is 64.7 Å². The number of thiophene rings is 1. The number of carbonyl (C=O) groups excluding carboxylic acids is 2. The SMILES string of the molecule is O=C(COC(=O)c1ccc(-n2cccn2)nc1)NCCc1cccs1. The number of amides is 1. The number of esters is 1. The number of hydrogen-bond donors (Lipinski definition) is 1. The average Bonchev–Trinajstić information content (AvgIpc) is 3.33. The lowest BCUT2D eigenvalue weighted by atomic mass is 10.3. The van der Waals surface area contributed by atoms with Gasteiger partial charge in [-0.25, -0.2) is 14.5 Å². The van der Waals surface area contributed by atoms with Crippen LogP contribution in [0.5, 0.6) is 0 Å². The molecule has 0 saturated carbocycles. The zero-order chi connectivity index (χ0) is 17.5. The van der Waals surface area contributed by atoms with Crippen LogP contribution < -0.4 is 5.32 Å². The molecule has 0 aliphatic heterocycles. The molecule has 0 atom stereocenters. The number of nitrogens with one attached hydrogen (secondary N) is 1. The molecule has 3 rings (SSSR count). The Hall–Kier alpha value is -3.00. The molecule has 3 aromatic rings. The van der Waals surface area contributed by atoms with E-state index >= 15 is 0 Å². The number of ether oxygens (including phenoxy) is 1. The molecule has 0 aromatic carbocycles. The van der Waals surface area contributed by atoms with E-state index in [0.717, 1.165) is 6.42 Å². The summed E-state index contributed by atoms with van der Waals surface area (Å²) in [7, 11) is 0. The second kappa shape index (κ2) is 8.20. The van der Waals surface area contributed by atoms with Gasteiger partial charge in [0.2, 0.25) is 0 Å². The molecule has 0 aliphatic carbocycles. The Bertz CT molecular complexity index is 814. The minimum Gasteiger partial charge on any atom is -0.452 e. The van der Waals surface area contributed by atoms with Crippen LogP contribution in [0.1, 0.15) is 15.2 Å². The summed E-state index contributed by atoms with van der Waals surface area (Å²) in [6.07, 6.45) is 5.55. The number of carbonyl (C=O) groups is 2. The van der Waals surface area contributed by atoms with Crippen molar-refractivity contribution in [2.24, 2.45) is 0 Å². The van der Waals surface area contributed by atoms with E-state index in [1.54, 1.807) is 46.6 Å². The van der Waals surface area contributed by atoms with Crippen LogP contribution in [0.2, 0.25) is 0 Å². The van der Waals surface area contributed by atoms with Gasteiger partial charge in [0, 0.05) is 30.0 Å². The molecule has 0 unspecified atom stereocenters. The predicted octanol–water partition coefficient (Wildman–Crippen LogP) is 1.84. The highest BCUT2D eigenvalue weighted by Crippen LogP contribution is 2.08. The Kier molecular flexibility index (Phi) is 5.53. The first kappa shape index (κ1) is 16.8. The number of hydrogen-bond acceptors (Lipinski definition) is 6. The van der Waals surface area contributed by atoms with Crippen LogP contribution in [0.15, 0.2) is 54.3 Å². The topological polar surface area (TPSA) is 86.1 Å². The van der Waals surface area contributed by atoms with Crippen molar-refractivity contribution >= 4 is 23.2 Å². The highest BCUT2D eigenvalue weighted by atomic mass is 32.1. The van der Waals surface area contributed by atoms with Gasteiger partial charge in [-0.3, -0.25) is 4.79 Å². The lowest BCUT2D eigenvalue weighted by molar-refractivity contribution is -0.124. The van der Waals surface area contributed by atoms with E-state index in [1.807, 2.05) is 17.5 Å². The van der Waals surface area contributed by atoms with E-state index in [1.165, 1.54) is 11.1 Å². The largest absolute Gasteiger partial charge is 0.452 e. The van der Waals surface area contributed by atoms with Crippen LogP contribution in [-0.2, 0) is 16.0 Å². The highest BCUT2D eigenvalue weighted by Gasteiger charge is 2.11. The maximum Gasteiger partial charge on any atom is 0.340 e. The van der Waals surface area contributed by atoms with E-state index in [2.05, 4.69) is 15.4 Å². The lowest BCUT2D eigenvalue weighted by Crippen LogP contribution is -2.30. The van der Waals surface area contributed by atoms with Gasteiger partial charge in [0.1, 0.15) is 0 Å². The quantitative estimate of drug-likeness (QED) is 0.653. The fourth-order valence-corrected chi connectivity index (χ4v) is 2.80. The fraction of sp³-hybridized carbons (Fsp3) is 0.176. The summed E-state index contributed by atoms with van der Waals surface area (Å²) in [6, 6.07) is 9.00. The minimum absolute atomic E-state index is 0.280. The van der Waals surface area contributed by atoms with Crippen LogP contribution in [0.25, 0.3) is 5.82 Å². The van der Waals surface area contributed by atoms with Crippen molar-refractivity contribution in [3.63, 3.8) is 0 Å². The summed E-state index contributed by atoms with van der Waals surface area (Å²) in [5.41, 5.74) is 0.280. The molecule has 3 heterocycles. The van der Waals surface area contributed by atoms with Gasteiger partial charge in [-0.05, 0) is 36.1 Å². The first-order chi connectivity index (χ1) is 12.2.